The van der Waals surface area contributed by atoms with E-state index in [4.69, 9.17) is 0 Å². The van der Waals surface area contributed by atoms with Crippen LogP contribution < -0.4 is 0 Å². The molecule has 2 rings (SSSR count). The second-order valence-corrected chi connectivity index (χ2v) is 5.80. The monoisotopic (exact) mass is 243 g/mol. The Balaban J connectivity index is 2.13. The van der Waals surface area contributed by atoms with Crippen molar-refractivity contribution in [2.75, 3.05) is 0 Å². The Morgan fingerprint density at radius 2 is 2.11 bits per heavy atom. The summed E-state index contributed by atoms with van der Waals surface area (Å²) < 4.78 is 0. The van der Waals surface area contributed by atoms with E-state index >= 15 is 0 Å². The van der Waals surface area contributed by atoms with Crippen LogP contribution in [-0.4, -0.2) is 4.98 Å². The Bertz CT molecular complexity index is 411. The number of rotatable bonds is 4. The lowest BCUT2D eigenvalue weighted by atomic mass is 9.94. The molecular weight excluding hydrogens is 218 g/mol. The summed E-state index contributed by atoms with van der Waals surface area (Å²) >= 11 is 0. The normalized spacial score (nSPS) is 17.7. The summed E-state index contributed by atoms with van der Waals surface area (Å²) in [6, 6.07) is 4.49. The fourth-order valence-corrected chi connectivity index (χ4v) is 3.08. The van der Waals surface area contributed by atoms with Gasteiger partial charge in [-0.2, -0.15) is 0 Å². The molecule has 0 spiro atoms. The van der Waals surface area contributed by atoms with Crippen LogP contribution in [0, 0.1) is 11.8 Å². The van der Waals surface area contributed by atoms with E-state index in [-0.39, 0.29) is 0 Å². The molecule has 1 aromatic rings. The molecule has 1 heterocycles. The smallest absolute Gasteiger partial charge is 0.0663 e. The van der Waals surface area contributed by atoms with Gasteiger partial charge in [0.1, 0.15) is 0 Å². The first-order valence-corrected chi connectivity index (χ1v) is 7.32. The zero-order valence-electron chi connectivity index (χ0n) is 11.9. The third-order valence-corrected chi connectivity index (χ3v) is 4.05. The Labute approximate surface area is 111 Å². The van der Waals surface area contributed by atoms with E-state index in [0.717, 1.165) is 5.92 Å². The minimum Gasteiger partial charge on any atom is -0.257 e. The fourth-order valence-electron chi connectivity index (χ4n) is 3.08. The lowest BCUT2D eigenvalue weighted by Crippen LogP contribution is -2.02. The molecule has 0 bridgehead atoms. The average molecular weight is 243 g/mol. The van der Waals surface area contributed by atoms with Crippen LogP contribution in [0.5, 0.6) is 0 Å². The lowest BCUT2D eigenvalue weighted by Gasteiger charge is -2.13. The Morgan fingerprint density at radius 3 is 2.72 bits per heavy atom. The SMILES string of the molecule is C/C=C(/c1cc(CC2CCCC2)ccn1)C(C)C. The highest BCUT2D eigenvalue weighted by Crippen LogP contribution is 2.29. The molecule has 0 N–H and O–H groups in total. The van der Waals surface area contributed by atoms with Gasteiger partial charge in [-0.15, -0.1) is 0 Å². The van der Waals surface area contributed by atoms with Crippen molar-refractivity contribution < 1.29 is 0 Å². The molecule has 0 radical (unpaired) electrons. The molecule has 1 aliphatic carbocycles. The molecule has 1 nitrogen and oxygen atoms in total. The van der Waals surface area contributed by atoms with Crippen LogP contribution in [0.15, 0.2) is 24.4 Å². The standard InChI is InChI=1S/C17H25N/c1-4-16(13(2)3)17-12-15(9-10-18-17)11-14-7-5-6-8-14/h4,9-10,12-14H,5-8,11H2,1-3H3/b16-4+. The number of hydrogen-bond donors (Lipinski definition) is 0. The maximum absolute atomic E-state index is 4.54. The van der Waals surface area contributed by atoms with E-state index in [2.05, 4.69) is 44.0 Å². The van der Waals surface area contributed by atoms with E-state index in [1.54, 1.807) is 0 Å². The van der Waals surface area contributed by atoms with Crippen molar-refractivity contribution >= 4 is 5.57 Å². The number of hydrogen-bond acceptors (Lipinski definition) is 1. The van der Waals surface area contributed by atoms with E-state index in [1.165, 1.54) is 48.9 Å². The highest BCUT2D eigenvalue weighted by Gasteiger charge is 2.16. The fraction of sp³-hybridized carbons (Fsp3) is 0.588. The quantitative estimate of drug-likeness (QED) is 0.735. The van der Waals surface area contributed by atoms with Crippen molar-refractivity contribution in [3.8, 4) is 0 Å². The van der Waals surface area contributed by atoms with Crippen molar-refractivity contribution in [1.82, 2.24) is 4.98 Å². The van der Waals surface area contributed by atoms with E-state index in [0.29, 0.717) is 5.92 Å². The number of pyridine rings is 1. The largest absolute Gasteiger partial charge is 0.257 e. The van der Waals surface area contributed by atoms with Gasteiger partial charge in [0, 0.05) is 6.20 Å². The summed E-state index contributed by atoms with van der Waals surface area (Å²) in [6.45, 7) is 6.59. The molecular formula is C17H25N. The van der Waals surface area contributed by atoms with Crippen LogP contribution in [0.4, 0.5) is 0 Å². The van der Waals surface area contributed by atoms with Crippen LogP contribution in [0.3, 0.4) is 0 Å². The maximum atomic E-state index is 4.54. The van der Waals surface area contributed by atoms with Gasteiger partial charge in [0.25, 0.3) is 0 Å². The molecule has 1 heteroatoms. The van der Waals surface area contributed by atoms with Gasteiger partial charge >= 0.3 is 0 Å². The van der Waals surface area contributed by atoms with Crippen LogP contribution >= 0.6 is 0 Å². The van der Waals surface area contributed by atoms with E-state index in [9.17, 15) is 0 Å². The molecule has 0 atom stereocenters. The molecule has 0 aromatic carbocycles. The maximum Gasteiger partial charge on any atom is 0.0663 e. The zero-order chi connectivity index (χ0) is 13.0. The van der Waals surface area contributed by atoms with Crippen molar-refractivity contribution in [2.24, 2.45) is 11.8 Å². The number of nitrogens with zero attached hydrogens (tertiary/aromatic N) is 1. The summed E-state index contributed by atoms with van der Waals surface area (Å²) in [7, 11) is 0. The van der Waals surface area contributed by atoms with Gasteiger partial charge in [0.2, 0.25) is 0 Å². The van der Waals surface area contributed by atoms with Crippen LogP contribution in [-0.2, 0) is 6.42 Å². The molecule has 98 valence electrons. The summed E-state index contributed by atoms with van der Waals surface area (Å²) in [4.78, 5) is 4.54. The van der Waals surface area contributed by atoms with Gasteiger partial charge < -0.3 is 0 Å². The Morgan fingerprint density at radius 1 is 1.39 bits per heavy atom. The Kier molecular flexibility index (Phi) is 4.57. The van der Waals surface area contributed by atoms with Gasteiger partial charge in [-0.3, -0.25) is 4.98 Å². The van der Waals surface area contributed by atoms with Gasteiger partial charge in [-0.1, -0.05) is 45.6 Å². The summed E-state index contributed by atoms with van der Waals surface area (Å²) in [5, 5.41) is 0. The Hall–Kier alpha value is -1.11. The van der Waals surface area contributed by atoms with Crippen LogP contribution in [0.2, 0.25) is 0 Å². The summed E-state index contributed by atoms with van der Waals surface area (Å²) in [6.07, 6.45) is 11.1. The average Bonchev–Trinajstić information content (AvgIpc) is 2.83. The molecule has 0 amide bonds. The minimum atomic E-state index is 0.546. The van der Waals surface area contributed by atoms with Crippen molar-refractivity contribution in [3.63, 3.8) is 0 Å². The first kappa shape index (κ1) is 13.3. The van der Waals surface area contributed by atoms with Gasteiger partial charge in [0.15, 0.2) is 0 Å². The molecule has 0 aliphatic heterocycles. The first-order valence-electron chi connectivity index (χ1n) is 7.32. The lowest BCUT2D eigenvalue weighted by molar-refractivity contribution is 0.546. The molecule has 0 saturated heterocycles. The summed E-state index contributed by atoms with van der Waals surface area (Å²) in [5.41, 5.74) is 4.00. The molecule has 1 saturated carbocycles. The number of aromatic nitrogens is 1. The molecule has 1 aromatic heterocycles. The minimum absolute atomic E-state index is 0.546. The highest BCUT2D eigenvalue weighted by molar-refractivity contribution is 5.64. The van der Waals surface area contributed by atoms with Gasteiger partial charge in [-0.05, 0) is 48.4 Å². The molecule has 18 heavy (non-hydrogen) atoms. The van der Waals surface area contributed by atoms with Gasteiger partial charge in [-0.25, -0.2) is 0 Å². The molecule has 1 fully saturated rings. The van der Waals surface area contributed by atoms with Crippen LogP contribution in [0.25, 0.3) is 5.57 Å². The van der Waals surface area contributed by atoms with Crippen molar-refractivity contribution in [1.29, 1.82) is 0 Å². The predicted molar refractivity (Wildman–Crippen MR) is 78.4 cm³/mol. The van der Waals surface area contributed by atoms with E-state index < -0.39 is 0 Å². The van der Waals surface area contributed by atoms with E-state index in [1.807, 2.05) is 6.20 Å². The number of allylic oxidation sites excluding steroid dienone is 2. The van der Waals surface area contributed by atoms with Crippen molar-refractivity contribution in [3.05, 3.63) is 35.7 Å². The van der Waals surface area contributed by atoms with Gasteiger partial charge in [0.05, 0.1) is 5.69 Å². The molecule has 0 unspecified atom stereocenters. The second-order valence-electron chi connectivity index (χ2n) is 5.80. The molecule has 1 aliphatic rings. The second kappa shape index (κ2) is 6.17. The van der Waals surface area contributed by atoms with Crippen LogP contribution in [0.1, 0.15) is 57.7 Å². The highest BCUT2D eigenvalue weighted by atomic mass is 14.7. The van der Waals surface area contributed by atoms with Crippen molar-refractivity contribution in [2.45, 2.75) is 52.9 Å². The first-order chi connectivity index (χ1) is 8.70. The third kappa shape index (κ3) is 3.22. The summed E-state index contributed by atoms with van der Waals surface area (Å²) in [5.74, 6) is 1.46. The third-order valence-electron chi connectivity index (χ3n) is 4.05. The topological polar surface area (TPSA) is 12.9 Å². The zero-order valence-corrected chi connectivity index (χ0v) is 11.9. The predicted octanol–water partition coefficient (Wildman–Crippen LogP) is 4.87.